The highest BCUT2D eigenvalue weighted by Gasteiger charge is 2.14. The third-order valence-corrected chi connectivity index (χ3v) is 4.05. The summed E-state index contributed by atoms with van der Waals surface area (Å²) in [6.07, 6.45) is 0. The molecule has 24 heavy (non-hydrogen) atoms. The minimum atomic E-state index is 0.457. The number of imidazole rings is 1. The van der Waals surface area contributed by atoms with E-state index in [0.29, 0.717) is 11.6 Å². The number of hydrogen-bond donors (Lipinski definition) is 0. The number of hydrogen-bond acceptors (Lipinski definition) is 2. The van der Waals surface area contributed by atoms with Gasteiger partial charge in [-0.15, -0.1) is 0 Å². The van der Waals surface area contributed by atoms with Crippen molar-refractivity contribution in [3.63, 3.8) is 0 Å². The zero-order chi connectivity index (χ0) is 16.4. The van der Waals surface area contributed by atoms with Crippen LogP contribution >= 0.6 is 11.6 Å². The van der Waals surface area contributed by atoms with Crippen molar-refractivity contribution in [1.82, 2.24) is 9.71 Å². The monoisotopic (exact) mass is 334 g/mol. The Morgan fingerprint density at radius 1 is 0.875 bits per heavy atom. The Morgan fingerprint density at radius 2 is 1.58 bits per heavy atom. The predicted molar refractivity (Wildman–Crippen MR) is 96.9 cm³/mol. The van der Waals surface area contributed by atoms with Gasteiger partial charge in [0.25, 0.3) is 0 Å². The Kier molecular flexibility index (Phi) is 3.93. The molecule has 0 saturated carbocycles. The summed E-state index contributed by atoms with van der Waals surface area (Å²) in [5, 5.41) is 0.659. The van der Waals surface area contributed by atoms with Crippen LogP contribution in [0.4, 0.5) is 0 Å². The molecule has 0 atom stereocenters. The third-order valence-electron chi connectivity index (χ3n) is 3.81. The number of rotatable bonds is 4. The summed E-state index contributed by atoms with van der Waals surface area (Å²) >= 11 is 6.17. The fourth-order valence-corrected chi connectivity index (χ4v) is 2.81. The van der Waals surface area contributed by atoms with Crippen LogP contribution in [0.1, 0.15) is 5.56 Å². The third kappa shape index (κ3) is 2.86. The van der Waals surface area contributed by atoms with Crippen molar-refractivity contribution in [2.45, 2.75) is 6.61 Å². The van der Waals surface area contributed by atoms with Gasteiger partial charge in [-0.25, -0.2) is 4.98 Å². The van der Waals surface area contributed by atoms with E-state index in [0.717, 1.165) is 28.0 Å². The van der Waals surface area contributed by atoms with Gasteiger partial charge in [-0.1, -0.05) is 72.3 Å². The SMILES string of the molecule is Clc1ccc2nc(-c3ccccc3)n(OCc3ccccc3)c2c1. The molecular weight excluding hydrogens is 320 g/mol. The molecule has 0 amide bonds. The molecule has 4 aromatic rings. The molecule has 0 aliphatic rings. The molecule has 0 fully saturated rings. The summed E-state index contributed by atoms with van der Waals surface area (Å²) in [5.74, 6) is 0.767. The normalized spacial score (nSPS) is 10.9. The summed E-state index contributed by atoms with van der Waals surface area (Å²) in [4.78, 5) is 10.8. The van der Waals surface area contributed by atoms with Crippen LogP contribution in [0.2, 0.25) is 5.02 Å². The molecule has 4 rings (SSSR count). The second-order valence-corrected chi connectivity index (χ2v) is 5.92. The highest BCUT2D eigenvalue weighted by Crippen LogP contribution is 2.26. The number of nitrogens with zero attached hydrogens (tertiary/aromatic N) is 2. The average molecular weight is 335 g/mol. The summed E-state index contributed by atoms with van der Waals surface area (Å²) in [6.45, 7) is 0.457. The van der Waals surface area contributed by atoms with Crippen LogP contribution in [-0.2, 0) is 6.61 Å². The van der Waals surface area contributed by atoms with Crippen molar-refractivity contribution in [1.29, 1.82) is 0 Å². The Bertz CT molecular complexity index is 965. The van der Waals surface area contributed by atoms with Crippen LogP contribution in [0.25, 0.3) is 22.4 Å². The van der Waals surface area contributed by atoms with Gasteiger partial charge in [-0.05, 0) is 23.8 Å². The Morgan fingerprint density at radius 3 is 2.33 bits per heavy atom. The number of aromatic nitrogens is 2. The van der Waals surface area contributed by atoms with E-state index < -0.39 is 0 Å². The molecule has 0 bridgehead atoms. The van der Waals surface area contributed by atoms with E-state index in [9.17, 15) is 0 Å². The minimum Gasteiger partial charge on any atom is -0.407 e. The highest BCUT2D eigenvalue weighted by atomic mass is 35.5. The maximum atomic E-state index is 6.17. The van der Waals surface area contributed by atoms with Crippen LogP contribution in [-0.4, -0.2) is 9.71 Å². The Labute approximate surface area is 145 Å². The zero-order valence-electron chi connectivity index (χ0n) is 12.9. The van der Waals surface area contributed by atoms with Crippen LogP contribution in [0.5, 0.6) is 0 Å². The van der Waals surface area contributed by atoms with Crippen molar-refractivity contribution < 1.29 is 4.84 Å². The van der Waals surface area contributed by atoms with Gasteiger partial charge in [0, 0.05) is 10.6 Å². The van der Waals surface area contributed by atoms with Crippen molar-refractivity contribution >= 4 is 22.6 Å². The summed E-state index contributed by atoms with van der Waals surface area (Å²) in [6, 6.07) is 25.7. The first-order valence-corrected chi connectivity index (χ1v) is 8.10. The van der Waals surface area contributed by atoms with E-state index in [2.05, 4.69) is 0 Å². The van der Waals surface area contributed by atoms with Gasteiger partial charge in [-0.3, -0.25) is 0 Å². The van der Waals surface area contributed by atoms with Crippen molar-refractivity contribution in [2.24, 2.45) is 0 Å². The smallest absolute Gasteiger partial charge is 0.176 e. The summed E-state index contributed by atoms with van der Waals surface area (Å²) < 4.78 is 1.77. The molecule has 0 N–H and O–H groups in total. The van der Waals surface area contributed by atoms with Gasteiger partial charge in [0.15, 0.2) is 5.82 Å². The first-order chi connectivity index (χ1) is 11.8. The van der Waals surface area contributed by atoms with Gasteiger partial charge in [0.05, 0.1) is 5.52 Å². The molecule has 0 aliphatic carbocycles. The summed E-state index contributed by atoms with van der Waals surface area (Å²) in [5.41, 5.74) is 3.81. The number of fused-ring (bicyclic) bond motifs is 1. The van der Waals surface area contributed by atoms with Crippen molar-refractivity contribution in [3.05, 3.63) is 89.4 Å². The Balaban J connectivity index is 1.80. The van der Waals surface area contributed by atoms with Gasteiger partial charge in [0.2, 0.25) is 0 Å². The fourth-order valence-electron chi connectivity index (χ4n) is 2.64. The average Bonchev–Trinajstić information content (AvgIpc) is 2.99. The topological polar surface area (TPSA) is 27.1 Å². The van der Waals surface area contributed by atoms with Crippen molar-refractivity contribution in [3.8, 4) is 11.4 Å². The number of halogens is 1. The van der Waals surface area contributed by atoms with Crippen molar-refractivity contribution in [2.75, 3.05) is 0 Å². The first kappa shape index (κ1) is 14.8. The predicted octanol–water partition coefficient (Wildman–Crippen LogP) is 4.99. The maximum absolute atomic E-state index is 6.17. The summed E-state index contributed by atoms with van der Waals surface area (Å²) in [7, 11) is 0. The lowest BCUT2D eigenvalue weighted by molar-refractivity contribution is 0.110. The minimum absolute atomic E-state index is 0.457. The van der Waals surface area contributed by atoms with Crippen LogP contribution in [0, 0.1) is 0 Å². The second kappa shape index (κ2) is 6.38. The lowest BCUT2D eigenvalue weighted by Crippen LogP contribution is -2.12. The largest absolute Gasteiger partial charge is 0.407 e. The van der Waals surface area contributed by atoms with Crippen LogP contribution in [0.15, 0.2) is 78.9 Å². The zero-order valence-corrected chi connectivity index (χ0v) is 13.6. The second-order valence-electron chi connectivity index (χ2n) is 5.49. The molecule has 118 valence electrons. The number of benzene rings is 3. The maximum Gasteiger partial charge on any atom is 0.176 e. The molecule has 3 nitrogen and oxygen atoms in total. The quantitative estimate of drug-likeness (QED) is 0.526. The molecule has 1 heterocycles. The lowest BCUT2D eigenvalue weighted by atomic mass is 10.2. The standard InChI is InChI=1S/C20H15ClN2O/c21-17-11-12-18-19(13-17)23(24-14-15-7-3-1-4-8-15)20(22-18)16-9-5-2-6-10-16/h1-13H,14H2. The van der Waals surface area contributed by atoms with Gasteiger partial charge in [0.1, 0.15) is 12.1 Å². The highest BCUT2D eigenvalue weighted by molar-refractivity contribution is 6.31. The van der Waals surface area contributed by atoms with E-state index in [4.69, 9.17) is 21.4 Å². The molecule has 0 unspecified atom stereocenters. The Hall–Kier alpha value is -2.78. The lowest BCUT2D eigenvalue weighted by Gasteiger charge is -2.11. The molecule has 3 aromatic carbocycles. The van der Waals surface area contributed by atoms with E-state index in [-0.39, 0.29) is 0 Å². The van der Waals surface area contributed by atoms with E-state index in [1.807, 2.05) is 78.9 Å². The molecule has 1 aromatic heterocycles. The van der Waals surface area contributed by atoms with Gasteiger partial charge >= 0.3 is 0 Å². The van der Waals surface area contributed by atoms with E-state index in [1.54, 1.807) is 4.73 Å². The molecule has 4 heteroatoms. The first-order valence-electron chi connectivity index (χ1n) is 7.72. The van der Waals surface area contributed by atoms with Gasteiger partial charge in [-0.2, -0.15) is 4.73 Å². The van der Waals surface area contributed by atoms with Gasteiger partial charge < -0.3 is 4.84 Å². The fraction of sp³-hybridized carbons (Fsp3) is 0.0500. The molecule has 0 radical (unpaired) electrons. The molecule has 0 spiro atoms. The molecule has 0 saturated heterocycles. The molecular formula is C20H15ClN2O. The van der Waals surface area contributed by atoms with E-state index >= 15 is 0 Å². The molecule has 0 aliphatic heterocycles. The van der Waals surface area contributed by atoms with E-state index in [1.165, 1.54) is 0 Å². The van der Waals surface area contributed by atoms with Crippen LogP contribution in [0.3, 0.4) is 0 Å². The van der Waals surface area contributed by atoms with Crippen LogP contribution < -0.4 is 4.84 Å².